The minimum Gasteiger partial charge on any atom is -0.492 e. The van der Waals surface area contributed by atoms with Crippen LogP contribution in [-0.2, 0) is 27.3 Å². The van der Waals surface area contributed by atoms with Crippen LogP contribution in [0, 0.1) is 5.82 Å². The van der Waals surface area contributed by atoms with Crippen LogP contribution >= 0.6 is 0 Å². The largest absolute Gasteiger partial charge is 0.492 e. The molecule has 8 nitrogen and oxygen atoms in total. The number of nitrogens with one attached hydrogen (secondary N) is 1. The molecule has 0 bridgehead atoms. The lowest BCUT2D eigenvalue weighted by Gasteiger charge is -2.23. The molecule has 0 spiro atoms. The van der Waals surface area contributed by atoms with Gasteiger partial charge in [0.05, 0.1) is 13.2 Å². The van der Waals surface area contributed by atoms with Crippen LogP contribution in [-0.4, -0.2) is 67.6 Å². The second kappa shape index (κ2) is 16.5. The number of urea groups is 1. The number of ether oxygens (including phenoxy) is 3. The zero-order valence-electron chi connectivity index (χ0n) is 21.1. The molecule has 2 amide bonds. The van der Waals surface area contributed by atoms with Crippen LogP contribution in [0.5, 0.6) is 5.75 Å². The second-order valence-electron chi connectivity index (χ2n) is 8.23. The number of benzene rings is 2. The number of hydrogen-bond acceptors (Lipinski definition) is 5. The van der Waals surface area contributed by atoms with Crippen molar-refractivity contribution in [2.24, 2.45) is 0 Å². The summed E-state index contributed by atoms with van der Waals surface area (Å²) in [6, 6.07) is 13.2. The smallest absolute Gasteiger partial charge is 0.333 e. The number of amides is 2. The van der Waals surface area contributed by atoms with Gasteiger partial charge in [-0.3, -0.25) is 0 Å². The number of halogens is 1. The molecule has 0 heterocycles. The molecule has 0 aromatic heterocycles. The minimum absolute atomic E-state index is 0.148. The molecule has 0 fully saturated rings. The minimum atomic E-state index is -0.987. The average Bonchev–Trinajstić information content (AvgIpc) is 2.87. The molecular formula is C27H37FN2O6. The summed E-state index contributed by atoms with van der Waals surface area (Å²) in [5.41, 5.74) is 1.73. The molecule has 9 heteroatoms. The van der Waals surface area contributed by atoms with Gasteiger partial charge < -0.3 is 29.5 Å². The Morgan fingerprint density at radius 1 is 1.00 bits per heavy atom. The molecule has 0 aliphatic heterocycles. The van der Waals surface area contributed by atoms with Crippen LogP contribution < -0.4 is 10.1 Å². The molecule has 0 saturated carbocycles. The van der Waals surface area contributed by atoms with Crippen LogP contribution in [0.4, 0.5) is 9.18 Å². The third-order valence-corrected chi connectivity index (χ3v) is 5.33. The topological polar surface area (TPSA) is 97.3 Å². The first-order valence-corrected chi connectivity index (χ1v) is 12.3. The highest BCUT2D eigenvalue weighted by Gasteiger charge is 2.18. The molecule has 0 aliphatic carbocycles. The Morgan fingerprint density at radius 2 is 1.69 bits per heavy atom. The van der Waals surface area contributed by atoms with Crippen LogP contribution in [0.2, 0.25) is 0 Å². The maximum atomic E-state index is 13.0. The first kappa shape index (κ1) is 29.1. The van der Waals surface area contributed by atoms with Crippen LogP contribution in [0.25, 0.3) is 0 Å². The molecule has 2 N–H and O–H groups in total. The SMILES string of the molecule is CCCNC(=O)N(CCCOCc1ccc(F)cc1)CCOc1ccc(CC(OCC)C(=O)O)cc1. The van der Waals surface area contributed by atoms with Gasteiger partial charge in [0.25, 0.3) is 0 Å². The average molecular weight is 505 g/mol. The molecule has 1 unspecified atom stereocenters. The van der Waals surface area contributed by atoms with Gasteiger partial charge in [-0.2, -0.15) is 0 Å². The molecule has 0 radical (unpaired) electrons. The quantitative estimate of drug-likeness (QED) is 0.313. The number of carboxylic acids is 1. The van der Waals surface area contributed by atoms with E-state index in [4.69, 9.17) is 14.2 Å². The number of carboxylic acid groups (broad SMARTS) is 1. The summed E-state index contributed by atoms with van der Waals surface area (Å²) in [7, 11) is 0. The van der Waals surface area contributed by atoms with Crippen molar-refractivity contribution in [2.75, 3.05) is 39.5 Å². The Labute approximate surface area is 212 Å². The first-order valence-electron chi connectivity index (χ1n) is 12.3. The summed E-state index contributed by atoms with van der Waals surface area (Å²) in [5.74, 6) is -0.628. The maximum absolute atomic E-state index is 13.0. The van der Waals surface area contributed by atoms with Crippen LogP contribution in [0.3, 0.4) is 0 Å². The number of nitrogens with zero attached hydrogens (tertiary/aromatic N) is 1. The van der Waals surface area contributed by atoms with E-state index in [0.29, 0.717) is 58.2 Å². The van der Waals surface area contributed by atoms with E-state index in [-0.39, 0.29) is 18.3 Å². The maximum Gasteiger partial charge on any atom is 0.333 e. The Bertz CT molecular complexity index is 907. The number of rotatable bonds is 17. The van der Waals surface area contributed by atoms with Crippen molar-refractivity contribution in [3.63, 3.8) is 0 Å². The van der Waals surface area contributed by atoms with Crippen molar-refractivity contribution in [2.45, 2.75) is 45.8 Å². The number of hydrogen-bond donors (Lipinski definition) is 2. The summed E-state index contributed by atoms with van der Waals surface area (Å²) in [6.45, 7) is 6.77. The van der Waals surface area contributed by atoms with Gasteiger partial charge in [-0.25, -0.2) is 14.0 Å². The molecular weight excluding hydrogens is 467 g/mol. The van der Waals surface area contributed by atoms with Gasteiger partial charge in [0, 0.05) is 32.7 Å². The third-order valence-electron chi connectivity index (χ3n) is 5.33. The summed E-state index contributed by atoms with van der Waals surface area (Å²) in [4.78, 5) is 25.5. The van der Waals surface area contributed by atoms with Gasteiger partial charge in [-0.15, -0.1) is 0 Å². The monoisotopic (exact) mass is 504 g/mol. The van der Waals surface area contributed by atoms with Crippen molar-refractivity contribution in [1.29, 1.82) is 0 Å². The zero-order chi connectivity index (χ0) is 26.2. The van der Waals surface area contributed by atoms with E-state index in [9.17, 15) is 19.1 Å². The van der Waals surface area contributed by atoms with E-state index < -0.39 is 12.1 Å². The molecule has 198 valence electrons. The Kier molecular flexibility index (Phi) is 13.3. The lowest BCUT2D eigenvalue weighted by atomic mass is 10.1. The molecule has 0 aliphatic rings. The predicted molar refractivity (Wildman–Crippen MR) is 135 cm³/mol. The summed E-state index contributed by atoms with van der Waals surface area (Å²) in [5, 5.41) is 12.1. The zero-order valence-corrected chi connectivity index (χ0v) is 21.1. The lowest BCUT2D eigenvalue weighted by Crippen LogP contribution is -2.43. The Balaban J connectivity index is 1.78. The van der Waals surface area contributed by atoms with Gasteiger partial charge in [-0.05, 0) is 55.2 Å². The van der Waals surface area contributed by atoms with E-state index >= 15 is 0 Å². The highest BCUT2D eigenvalue weighted by molar-refractivity contribution is 5.74. The fraction of sp³-hybridized carbons (Fsp3) is 0.481. The van der Waals surface area contributed by atoms with E-state index in [0.717, 1.165) is 17.5 Å². The summed E-state index contributed by atoms with van der Waals surface area (Å²) < 4.78 is 29.7. The highest BCUT2D eigenvalue weighted by Crippen LogP contribution is 2.15. The fourth-order valence-corrected chi connectivity index (χ4v) is 3.41. The number of carbonyl (C=O) groups is 2. The van der Waals surface area contributed by atoms with Gasteiger partial charge in [0.1, 0.15) is 18.2 Å². The molecule has 0 saturated heterocycles. The van der Waals surface area contributed by atoms with E-state index in [1.807, 2.05) is 19.1 Å². The third kappa shape index (κ3) is 11.0. The van der Waals surface area contributed by atoms with Gasteiger partial charge in [-0.1, -0.05) is 31.2 Å². The molecule has 2 rings (SSSR count). The standard InChI is InChI=1S/C27H37FN2O6/c1-3-14-29-27(33)30(15-5-17-34-20-22-6-10-23(28)11-7-22)16-18-36-24-12-8-21(9-13-24)19-25(26(31)32)35-4-2/h6-13,25H,3-5,14-20H2,1-2H3,(H,29,33)(H,31,32). The number of aliphatic carboxylic acids is 1. The van der Waals surface area contributed by atoms with Crippen molar-refractivity contribution < 1.29 is 33.3 Å². The van der Waals surface area contributed by atoms with E-state index in [1.54, 1.807) is 36.1 Å². The van der Waals surface area contributed by atoms with Gasteiger partial charge >= 0.3 is 12.0 Å². The van der Waals surface area contributed by atoms with Gasteiger partial charge in [0.15, 0.2) is 6.10 Å². The fourth-order valence-electron chi connectivity index (χ4n) is 3.41. The van der Waals surface area contributed by atoms with Crippen molar-refractivity contribution in [3.8, 4) is 5.75 Å². The van der Waals surface area contributed by atoms with E-state index in [1.165, 1.54) is 12.1 Å². The predicted octanol–water partition coefficient (Wildman–Crippen LogP) is 4.27. The Morgan fingerprint density at radius 3 is 2.33 bits per heavy atom. The first-order chi connectivity index (χ1) is 17.4. The summed E-state index contributed by atoms with van der Waals surface area (Å²) >= 11 is 0. The van der Waals surface area contributed by atoms with Gasteiger partial charge in [0.2, 0.25) is 0 Å². The lowest BCUT2D eigenvalue weighted by molar-refractivity contribution is -0.149. The van der Waals surface area contributed by atoms with Crippen molar-refractivity contribution in [3.05, 3.63) is 65.5 Å². The normalized spacial score (nSPS) is 11.6. The number of carbonyl (C=O) groups excluding carboxylic acids is 1. The highest BCUT2D eigenvalue weighted by atomic mass is 19.1. The van der Waals surface area contributed by atoms with Crippen molar-refractivity contribution >= 4 is 12.0 Å². The Hall–Kier alpha value is -3.17. The van der Waals surface area contributed by atoms with E-state index in [2.05, 4.69) is 5.32 Å². The second-order valence-corrected chi connectivity index (χ2v) is 8.23. The van der Waals surface area contributed by atoms with Crippen molar-refractivity contribution in [1.82, 2.24) is 10.2 Å². The summed E-state index contributed by atoms with van der Waals surface area (Å²) in [6.07, 6.45) is 0.893. The molecule has 2 aromatic rings. The van der Waals surface area contributed by atoms with Crippen LogP contribution in [0.15, 0.2) is 48.5 Å². The molecule has 2 aromatic carbocycles. The van der Waals surface area contributed by atoms with Crippen LogP contribution in [0.1, 0.15) is 37.8 Å². The molecule has 36 heavy (non-hydrogen) atoms. The molecule has 1 atom stereocenters.